The van der Waals surface area contributed by atoms with E-state index in [-0.39, 0.29) is 4.90 Å². The van der Waals surface area contributed by atoms with Crippen molar-refractivity contribution in [2.24, 2.45) is 5.92 Å². The Morgan fingerprint density at radius 1 is 1.30 bits per heavy atom. The van der Waals surface area contributed by atoms with E-state index in [1.165, 1.54) is 19.2 Å². The fourth-order valence-corrected chi connectivity index (χ4v) is 3.73. The van der Waals surface area contributed by atoms with Crippen LogP contribution >= 0.6 is 0 Å². The molecule has 20 heavy (non-hydrogen) atoms. The second-order valence-corrected chi connectivity index (χ2v) is 6.49. The van der Waals surface area contributed by atoms with Gasteiger partial charge in [-0.15, -0.1) is 0 Å². The first-order valence-electron chi connectivity index (χ1n) is 6.33. The van der Waals surface area contributed by atoms with E-state index in [1.807, 2.05) is 0 Å². The van der Waals surface area contributed by atoms with Gasteiger partial charge in [0.2, 0.25) is 10.0 Å². The van der Waals surface area contributed by atoms with Crippen molar-refractivity contribution in [3.8, 4) is 5.75 Å². The van der Waals surface area contributed by atoms with Gasteiger partial charge in [0.15, 0.2) is 0 Å². The molecular weight excluding hydrogens is 282 g/mol. The highest BCUT2D eigenvalue weighted by Gasteiger charge is 2.35. The fourth-order valence-electron chi connectivity index (χ4n) is 2.42. The molecule has 1 fully saturated rings. The summed E-state index contributed by atoms with van der Waals surface area (Å²) in [6.07, 6.45) is 1.77. The number of methoxy groups -OCH3 is 1. The van der Waals surface area contributed by atoms with Gasteiger partial charge in [-0.3, -0.25) is 4.79 Å². The summed E-state index contributed by atoms with van der Waals surface area (Å²) in [6.45, 7) is 0. The van der Waals surface area contributed by atoms with Crippen LogP contribution in [0.5, 0.6) is 5.75 Å². The Morgan fingerprint density at radius 2 is 1.95 bits per heavy atom. The third-order valence-electron chi connectivity index (χ3n) is 3.51. The molecule has 0 amide bonds. The monoisotopic (exact) mass is 299 g/mol. The number of carbonyl (C=O) groups is 1. The highest BCUT2D eigenvalue weighted by Crippen LogP contribution is 2.27. The van der Waals surface area contributed by atoms with Crippen LogP contribution in [0.25, 0.3) is 0 Å². The summed E-state index contributed by atoms with van der Waals surface area (Å²) in [7, 11) is -2.21. The van der Waals surface area contributed by atoms with E-state index in [4.69, 9.17) is 9.84 Å². The smallest absolute Gasteiger partial charge is 0.308 e. The number of hydrogen-bond donors (Lipinski definition) is 2. The van der Waals surface area contributed by atoms with Crippen LogP contribution in [-0.2, 0) is 14.8 Å². The second kappa shape index (κ2) is 5.80. The molecule has 0 aliphatic heterocycles. The maximum absolute atomic E-state index is 12.2. The molecule has 0 heterocycles. The number of sulfonamides is 1. The molecule has 1 aliphatic carbocycles. The van der Waals surface area contributed by atoms with E-state index in [2.05, 4.69) is 4.72 Å². The number of rotatable bonds is 5. The van der Waals surface area contributed by atoms with E-state index in [0.717, 1.165) is 0 Å². The zero-order chi connectivity index (χ0) is 14.8. The van der Waals surface area contributed by atoms with Gasteiger partial charge in [-0.1, -0.05) is 6.42 Å². The van der Waals surface area contributed by atoms with Crippen LogP contribution < -0.4 is 9.46 Å². The molecule has 110 valence electrons. The minimum absolute atomic E-state index is 0.106. The molecule has 1 aromatic carbocycles. The molecule has 1 aromatic rings. The van der Waals surface area contributed by atoms with E-state index < -0.39 is 28.0 Å². The molecule has 0 unspecified atom stereocenters. The first-order chi connectivity index (χ1) is 9.44. The molecule has 6 nitrogen and oxygen atoms in total. The molecule has 0 spiro atoms. The standard InChI is InChI=1S/C13H17NO5S/c1-19-9-5-7-10(8-6-9)20(17,18)14-12-4-2-3-11(12)13(15)16/h5-8,11-12,14H,2-4H2,1H3,(H,15,16)/t11-,12+/m0/s1. The third-order valence-corrected chi connectivity index (χ3v) is 5.02. The van der Waals surface area contributed by atoms with Crippen LogP contribution in [0.1, 0.15) is 19.3 Å². The maximum Gasteiger partial charge on any atom is 0.308 e. The van der Waals surface area contributed by atoms with Gasteiger partial charge in [0.1, 0.15) is 5.75 Å². The zero-order valence-electron chi connectivity index (χ0n) is 11.1. The largest absolute Gasteiger partial charge is 0.497 e. The minimum Gasteiger partial charge on any atom is -0.497 e. The van der Waals surface area contributed by atoms with Crippen molar-refractivity contribution in [1.29, 1.82) is 0 Å². The van der Waals surface area contributed by atoms with Gasteiger partial charge in [0, 0.05) is 6.04 Å². The van der Waals surface area contributed by atoms with Crippen LogP contribution in [0, 0.1) is 5.92 Å². The van der Waals surface area contributed by atoms with E-state index >= 15 is 0 Å². The fraction of sp³-hybridized carbons (Fsp3) is 0.462. The van der Waals surface area contributed by atoms with Gasteiger partial charge in [-0.05, 0) is 37.1 Å². The number of aliphatic carboxylic acids is 1. The van der Waals surface area contributed by atoms with Gasteiger partial charge in [-0.2, -0.15) is 0 Å². The van der Waals surface area contributed by atoms with E-state index in [9.17, 15) is 13.2 Å². The molecule has 1 saturated carbocycles. The Balaban J connectivity index is 2.16. The van der Waals surface area contributed by atoms with Crippen LogP contribution in [0.2, 0.25) is 0 Å². The SMILES string of the molecule is COc1ccc(S(=O)(=O)N[C@@H]2CCC[C@@H]2C(=O)O)cc1. The van der Waals surface area contributed by atoms with Gasteiger partial charge in [0.05, 0.1) is 17.9 Å². The first kappa shape index (κ1) is 14.8. The molecule has 0 radical (unpaired) electrons. The maximum atomic E-state index is 12.2. The van der Waals surface area contributed by atoms with Crippen molar-refractivity contribution in [3.63, 3.8) is 0 Å². The minimum atomic E-state index is -3.70. The van der Waals surface area contributed by atoms with Gasteiger partial charge < -0.3 is 9.84 Å². The molecule has 7 heteroatoms. The topological polar surface area (TPSA) is 92.7 Å². The van der Waals surface area contributed by atoms with Crippen molar-refractivity contribution in [2.75, 3.05) is 7.11 Å². The van der Waals surface area contributed by atoms with Crippen molar-refractivity contribution in [2.45, 2.75) is 30.2 Å². The lowest BCUT2D eigenvalue weighted by molar-refractivity contribution is -0.141. The molecule has 2 atom stereocenters. The number of benzene rings is 1. The predicted molar refractivity (Wildman–Crippen MR) is 72.1 cm³/mol. The molecule has 0 saturated heterocycles. The number of hydrogen-bond acceptors (Lipinski definition) is 4. The highest BCUT2D eigenvalue weighted by molar-refractivity contribution is 7.89. The van der Waals surface area contributed by atoms with Crippen molar-refractivity contribution in [1.82, 2.24) is 4.72 Å². The Bertz CT molecular complexity index is 581. The third kappa shape index (κ3) is 3.10. The summed E-state index contributed by atoms with van der Waals surface area (Å²) in [5, 5.41) is 9.07. The van der Waals surface area contributed by atoms with Crippen LogP contribution in [0.4, 0.5) is 0 Å². The molecule has 0 bridgehead atoms. The predicted octanol–water partition coefficient (Wildman–Crippen LogP) is 1.23. The lowest BCUT2D eigenvalue weighted by Gasteiger charge is -2.17. The number of carboxylic acids is 1. The number of ether oxygens (including phenoxy) is 1. The van der Waals surface area contributed by atoms with Crippen molar-refractivity contribution < 1.29 is 23.1 Å². The first-order valence-corrected chi connectivity index (χ1v) is 7.81. The summed E-state index contributed by atoms with van der Waals surface area (Å²) >= 11 is 0. The Kier molecular flexibility index (Phi) is 4.29. The summed E-state index contributed by atoms with van der Waals surface area (Å²) in [6, 6.07) is 5.44. The molecule has 2 N–H and O–H groups in total. The molecular formula is C13H17NO5S. The Hall–Kier alpha value is -1.60. The highest BCUT2D eigenvalue weighted by atomic mass is 32.2. The van der Waals surface area contributed by atoms with Gasteiger partial charge in [-0.25, -0.2) is 13.1 Å². The lowest BCUT2D eigenvalue weighted by atomic mass is 10.1. The van der Waals surface area contributed by atoms with Crippen LogP contribution in [-0.4, -0.2) is 32.6 Å². The van der Waals surface area contributed by atoms with Gasteiger partial charge in [0.25, 0.3) is 0 Å². The lowest BCUT2D eigenvalue weighted by Crippen LogP contribution is -2.40. The average molecular weight is 299 g/mol. The average Bonchev–Trinajstić information content (AvgIpc) is 2.86. The Labute approximate surface area is 117 Å². The summed E-state index contributed by atoms with van der Waals surface area (Å²) in [5.74, 6) is -1.04. The van der Waals surface area contributed by atoms with Crippen molar-refractivity contribution >= 4 is 16.0 Å². The number of nitrogens with one attached hydrogen (secondary N) is 1. The summed E-state index contributed by atoms with van der Waals surface area (Å²) < 4.78 is 31.9. The second-order valence-electron chi connectivity index (χ2n) is 4.78. The quantitative estimate of drug-likeness (QED) is 0.853. The molecule has 2 rings (SSSR count). The summed E-state index contributed by atoms with van der Waals surface area (Å²) in [5.41, 5.74) is 0. The summed E-state index contributed by atoms with van der Waals surface area (Å²) in [4.78, 5) is 11.2. The van der Waals surface area contributed by atoms with Gasteiger partial charge >= 0.3 is 5.97 Å². The zero-order valence-corrected chi connectivity index (χ0v) is 11.9. The normalized spacial score (nSPS) is 22.6. The Morgan fingerprint density at radius 3 is 2.50 bits per heavy atom. The van der Waals surface area contributed by atoms with E-state index in [0.29, 0.717) is 25.0 Å². The van der Waals surface area contributed by atoms with Crippen LogP contribution in [0.15, 0.2) is 29.2 Å². The van der Waals surface area contributed by atoms with Crippen LogP contribution in [0.3, 0.4) is 0 Å². The van der Waals surface area contributed by atoms with Crippen molar-refractivity contribution in [3.05, 3.63) is 24.3 Å². The molecule has 0 aromatic heterocycles. The van der Waals surface area contributed by atoms with E-state index in [1.54, 1.807) is 12.1 Å². The number of carboxylic acid groups (broad SMARTS) is 1. The molecule has 1 aliphatic rings.